The normalized spacial score (nSPS) is 10.1. The molecule has 1 aromatic rings. The highest BCUT2D eigenvalue weighted by molar-refractivity contribution is 7.96. The molecule has 4 nitrogen and oxygen atoms in total. The molecule has 0 aromatic heterocycles. The lowest BCUT2D eigenvalue weighted by molar-refractivity contribution is 0.0980. The van der Waals surface area contributed by atoms with Gasteiger partial charge in [0.25, 0.3) is 5.91 Å². The fourth-order valence-electron chi connectivity index (χ4n) is 0.863. The molecule has 0 saturated carbocycles. The van der Waals surface area contributed by atoms with Crippen LogP contribution in [-0.2, 0) is 0 Å². The standard InChI is InChI=1S/C8H8ClFN2O2S/c1-11-15-12-8(14)4-2-5(9)7(13)3-6(4)10/h2-3,11,13H,1H3,(H,12,14). The SMILES string of the molecule is CNSNC(=O)c1cc(Cl)c(O)cc1F. The number of aromatic hydroxyl groups is 1. The molecule has 1 aromatic carbocycles. The van der Waals surface area contributed by atoms with E-state index in [1.54, 1.807) is 7.05 Å². The first-order valence-corrected chi connectivity index (χ1v) is 5.06. The Balaban J connectivity index is 2.94. The zero-order valence-corrected chi connectivity index (χ0v) is 9.25. The van der Waals surface area contributed by atoms with E-state index in [9.17, 15) is 9.18 Å². The summed E-state index contributed by atoms with van der Waals surface area (Å²) in [7, 11) is 1.60. The summed E-state index contributed by atoms with van der Waals surface area (Å²) in [4.78, 5) is 11.3. The van der Waals surface area contributed by atoms with Gasteiger partial charge in [-0.15, -0.1) is 0 Å². The first-order valence-electron chi connectivity index (χ1n) is 3.87. The van der Waals surface area contributed by atoms with Gasteiger partial charge in [-0.05, 0) is 13.1 Å². The summed E-state index contributed by atoms with van der Waals surface area (Å²) in [6.45, 7) is 0. The molecule has 0 radical (unpaired) electrons. The molecule has 0 bridgehead atoms. The smallest absolute Gasteiger partial charge is 0.265 e. The van der Waals surface area contributed by atoms with Gasteiger partial charge in [0, 0.05) is 18.2 Å². The largest absolute Gasteiger partial charge is 0.506 e. The number of phenolic OH excluding ortho intramolecular Hbond substituents is 1. The van der Waals surface area contributed by atoms with Crippen LogP contribution >= 0.6 is 23.7 Å². The number of carbonyl (C=O) groups excluding carboxylic acids is 1. The molecule has 7 heteroatoms. The first kappa shape index (κ1) is 12.1. The molecule has 15 heavy (non-hydrogen) atoms. The molecule has 0 unspecified atom stereocenters. The van der Waals surface area contributed by atoms with Crippen molar-refractivity contribution in [3.8, 4) is 5.75 Å². The zero-order chi connectivity index (χ0) is 11.4. The zero-order valence-electron chi connectivity index (χ0n) is 7.67. The van der Waals surface area contributed by atoms with Gasteiger partial charge < -0.3 is 5.11 Å². The predicted molar refractivity (Wildman–Crippen MR) is 57.2 cm³/mol. The van der Waals surface area contributed by atoms with Crippen molar-refractivity contribution in [2.24, 2.45) is 0 Å². The van der Waals surface area contributed by atoms with Crippen LogP contribution < -0.4 is 9.44 Å². The van der Waals surface area contributed by atoms with Crippen molar-refractivity contribution in [1.82, 2.24) is 9.44 Å². The van der Waals surface area contributed by atoms with Crippen LogP contribution in [0.4, 0.5) is 4.39 Å². The van der Waals surface area contributed by atoms with Crippen LogP contribution in [0.1, 0.15) is 10.4 Å². The van der Waals surface area contributed by atoms with Crippen molar-refractivity contribution in [3.05, 3.63) is 28.5 Å². The van der Waals surface area contributed by atoms with Crippen LogP contribution in [-0.4, -0.2) is 18.1 Å². The molecule has 0 spiro atoms. The van der Waals surface area contributed by atoms with Crippen molar-refractivity contribution < 1.29 is 14.3 Å². The maximum Gasteiger partial charge on any atom is 0.265 e. The second-order valence-electron chi connectivity index (χ2n) is 2.52. The molecule has 82 valence electrons. The third-order valence-electron chi connectivity index (χ3n) is 1.53. The monoisotopic (exact) mass is 250 g/mol. The molecule has 3 N–H and O–H groups in total. The third kappa shape index (κ3) is 2.98. The van der Waals surface area contributed by atoms with E-state index in [0.717, 1.165) is 24.3 Å². The Morgan fingerprint density at radius 2 is 2.27 bits per heavy atom. The highest BCUT2D eigenvalue weighted by atomic mass is 35.5. The highest BCUT2D eigenvalue weighted by Gasteiger charge is 2.14. The lowest BCUT2D eigenvalue weighted by atomic mass is 10.2. The summed E-state index contributed by atoms with van der Waals surface area (Å²) < 4.78 is 18.1. The van der Waals surface area contributed by atoms with Crippen molar-refractivity contribution in [2.75, 3.05) is 7.05 Å². The number of halogens is 2. The van der Waals surface area contributed by atoms with E-state index in [4.69, 9.17) is 16.7 Å². The number of hydrogen-bond donors (Lipinski definition) is 3. The van der Waals surface area contributed by atoms with Crippen molar-refractivity contribution >= 4 is 29.6 Å². The van der Waals surface area contributed by atoms with E-state index in [-0.39, 0.29) is 10.6 Å². The number of carbonyl (C=O) groups is 1. The van der Waals surface area contributed by atoms with E-state index in [2.05, 4.69) is 9.44 Å². The molecule has 1 rings (SSSR count). The molecule has 0 fully saturated rings. The maximum atomic E-state index is 13.2. The molecule has 0 aliphatic rings. The van der Waals surface area contributed by atoms with Crippen molar-refractivity contribution in [1.29, 1.82) is 0 Å². The molecule has 0 saturated heterocycles. The fourth-order valence-corrected chi connectivity index (χ4v) is 1.33. The summed E-state index contributed by atoms with van der Waals surface area (Å²) in [5, 5.41) is 8.99. The summed E-state index contributed by atoms with van der Waals surface area (Å²) in [5.74, 6) is -1.85. The third-order valence-corrected chi connectivity index (χ3v) is 2.32. The quantitative estimate of drug-likeness (QED) is 0.715. The lowest BCUT2D eigenvalue weighted by Gasteiger charge is -2.05. The number of rotatable bonds is 3. The number of amides is 1. The van der Waals surface area contributed by atoms with Gasteiger partial charge in [-0.1, -0.05) is 11.6 Å². The summed E-state index contributed by atoms with van der Waals surface area (Å²) in [5.41, 5.74) is -0.222. The van der Waals surface area contributed by atoms with E-state index in [1.165, 1.54) is 0 Å². The number of hydrogen-bond acceptors (Lipinski definition) is 4. The van der Waals surface area contributed by atoms with Crippen molar-refractivity contribution in [3.63, 3.8) is 0 Å². The molecule has 1 amide bonds. The van der Waals surface area contributed by atoms with E-state index >= 15 is 0 Å². The number of nitrogens with one attached hydrogen (secondary N) is 2. The molecule has 0 atom stereocenters. The second kappa shape index (κ2) is 5.20. The van der Waals surface area contributed by atoms with Gasteiger partial charge in [-0.25, -0.2) is 9.11 Å². The Bertz CT molecular complexity index is 389. The Hall–Kier alpha value is -0.980. The second-order valence-corrected chi connectivity index (χ2v) is 3.74. The van der Waals surface area contributed by atoms with Crippen LogP contribution in [0.2, 0.25) is 5.02 Å². The minimum absolute atomic E-state index is 0.0731. The molecular weight excluding hydrogens is 243 g/mol. The summed E-state index contributed by atoms with van der Waals surface area (Å²) >= 11 is 6.45. The van der Waals surface area contributed by atoms with Gasteiger partial charge in [-0.3, -0.25) is 9.52 Å². The predicted octanol–water partition coefficient (Wildman–Crippen LogP) is 1.70. The fraction of sp³-hybridized carbons (Fsp3) is 0.125. The number of benzene rings is 1. The van der Waals surface area contributed by atoms with Crippen LogP contribution in [0.25, 0.3) is 0 Å². The average Bonchev–Trinajstić information content (AvgIpc) is 2.20. The van der Waals surface area contributed by atoms with Crippen LogP contribution in [0.3, 0.4) is 0 Å². The minimum Gasteiger partial charge on any atom is -0.506 e. The topological polar surface area (TPSA) is 61.4 Å². The molecule has 0 heterocycles. The molecular formula is C8H8ClFN2O2S. The highest BCUT2D eigenvalue weighted by Crippen LogP contribution is 2.26. The lowest BCUT2D eigenvalue weighted by Crippen LogP contribution is -2.20. The Morgan fingerprint density at radius 3 is 2.87 bits per heavy atom. The van der Waals surface area contributed by atoms with Crippen LogP contribution in [0.15, 0.2) is 12.1 Å². The van der Waals surface area contributed by atoms with Crippen LogP contribution in [0, 0.1) is 5.82 Å². The summed E-state index contributed by atoms with van der Waals surface area (Å²) in [6.07, 6.45) is 0. The maximum absolute atomic E-state index is 13.2. The Kier molecular flexibility index (Phi) is 4.19. The van der Waals surface area contributed by atoms with Crippen LogP contribution in [0.5, 0.6) is 5.75 Å². The van der Waals surface area contributed by atoms with E-state index < -0.39 is 17.5 Å². The Morgan fingerprint density at radius 1 is 1.60 bits per heavy atom. The van der Waals surface area contributed by atoms with Gasteiger partial charge >= 0.3 is 0 Å². The number of phenols is 1. The Labute approximate surface area is 95.1 Å². The van der Waals surface area contributed by atoms with Gasteiger partial charge in [-0.2, -0.15) is 0 Å². The molecule has 0 aliphatic carbocycles. The average molecular weight is 251 g/mol. The summed E-state index contributed by atoms with van der Waals surface area (Å²) in [6, 6.07) is 1.86. The molecule has 0 aliphatic heterocycles. The van der Waals surface area contributed by atoms with Crippen molar-refractivity contribution in [2.45, 2.75) is 0 Å². The van der Waals surface area contributed by atoms with Gasteiger partial charge in [0.1, 0.15) is 11.6 Å². The first-order chi connectivity index (χ1) is 7.06. The van der Waals surface area contributed by atoms with E-state index in [0.29, 0.717) is 0 Å². The van der Waals surface area contributed by atoms with E-state index in [1.807, 2.05) is 0 Å². The minimum atomic E-state index is -0.828. The van der Waals surface area contributed by atoms with Gasteiger partial charge in [0.2, 0.25) is 0 Å². The van der Waals surface area contributed by atoms with Gasteiger partial charge in [0.15, 0.2) is 0 Å². The van der Waals surface area contributed by atoms with Gasteiger partial charge in [0.05, 0.1) is 10.6 Å².